The second kappa shape index (κ2) is 5.57. The van der Waals surface area contributed by atoms with Gasteiger partial charge >= 0.3 is 5.92 Å². The van der Waals surface area contributed by atoms with Gasteiger partial charge in [0.15, 0.2) is 6.17 Å². The van der Waals surface area contributed by atoms with Gasteiger partial charge in [-0.1, -0.05) is 0 Å². The molecule has 1 unspecified atom stereocenters. The molecule has 0 bridgehead atoms. The van der Waals surface area contributed by atoms with Gasteiger partial charge < -0.3 is 19.3 Å². The molecule has 142 valence electrons. The lowest BCUT2D eigenvalue weighted by molar-refractivity contribution is -0.161. The third kappa shape index (κ3) is 2.91. The molecule has 0 aromatic carbocycles. The summed E-state index contributed by atoms with van der Waals surface area (Å²) >= 11 is 0. The minimum atomic E-state index is -3.19. The Morgan fingerprint density at radius 3 is 2.00 bits per heavy atom. The van der Waals surface area contributed by atoms with Crippen LogP contribution in [0.15, 0.2) is 0 Å². The molecule has 4 rings (SSSR count). The third-order valence-corrected chi connectivity index (χ3v) is 5.16. The van der Waals surface area contributed by atoms with Crippen LogP contribution in [0.4, 0.5) is 13.2 Å². The van der Waals surface area contributed by atoms with Gasteiger partial charge in [0.25, 0.3) is 11.8 Å². The summed E-state index contributed by atoms with van der Waals surface area (Å²) in [4.78, 5) is 25.2. The van der Waals surface area contributed by atoms with Crippen molar-refractivity contribution in [1.29, 1.82) is 0 Å². The first-order valence-corrected chi connectivity index (χ1v) is 8.33. The van der Waals surface area contributed by atoms with Crippen LogP contribution < -0.4 is 0 Å². The molecule has 3 atom stereocenters. The predicted molar refractivity (Wildman–Crippen MR) is 80.4 cm³/mol. The van der Waals surface area contributed by atoms with E-state index in [1.807, 2.05) is 0 Å². The topological polar surface area (TPSA) is 59.1 Å². The highest BCUT2D eigenvalue weighted by molar-refractivity contribution is 5.87. The van der Waals surface area contributed by atoms with Crippen LogP contribution in [0.1, 0.15) is 40.5 Å². The van der Waals surface area contributed by atoms with Crippen LogP contribution in [0.3, 0.4) is 0 Å². The average Bonchev–Trinajstić information content (AvgIpc) is 3.10. The molecular weight excluding hydrogens is 341 g/mol. The van der Waals surface area contributed by atoms with Gasteiger partial charge in [-0.2, -0.15) is 8.78 Å². The van der Waals surface area contributed by atoms with Crippen molar-refractivity contribution in [3.8, 4) is 0 Å². The van der Waals surface area contributed by atoms with Crippen molar-refractivity contribution in [2.75, 3.05) is 13.2 Å². The Bertz CT molecular complexity index is 596. The molecule has 4 fully saturated rings. The van der Waals surface area contributed by atoms with E-state index in [4.69, 9.17) is 9.47 Å². The van der Waals surface area contributed by atoms with Gasteiger partial charge in [-0.3, -0.25) is 9.59 Å². The first-order chi connectivity index (χ1) is 11.4. The molecule has 0 aliphatic carbocycles. The van der Waals surface area contributed by atoms with Crippen molar-refractivity contribution < 1.29 is 32.2 Å². The normalized spacial score (nSPS) is 37.0. The quantitative estimate of drug-likeness (QED) is 0.656. The zero-order valence-corrected chi connectivity index (χ0v) is 14.7. The molecule has 0 radical (unpaired) electrons. The van der Waals surface area contributed by atoms with Crippen LogP contribution >= 0.6 is 0 Å². The zero-order valence-electron chi connectivity index (χ0n) is 14.7. The summed E-state index contributed by atoms with van der Waals surface area (Å²) in [5.41, 5.74) is -1.48. The molecule has 6 nitrogen and oxygen atoms in total. The van der Waals surface area contributed by atoms with Crippen molar-refractivity contribution in [2.45, 2.75) is 76.2 Å². The zero-order chi connectivity index (χ0) is 18.8. The Balaban J connectivity index is 0.000000146. The van der Waals surface area contributed by atoms with E-state index >= 15 is 0 Å². The summed E-state index contributed by atoms with van der Waals surface area (Å²) in [6.07, 6.45) is -1.42. The maximum absolute atomic E-state index is 13.0. The molecule has 0 spiro atoms. The van der Waals surface area contributed by atoms with E-state index in [0.717, 1.165) is 4.90 Å². The SMILES string of the molecule is CC1(C)OC[C@H]2CC(F)(F)C(=O)N21.CC1(C)OC[C@H]2CC(F)C(=O)N21. The number of carbonyl (C=O) groups excluding carboxylic acids is 2. The number of rotatable bonds is 0. The number of amides is 2. The van der Waals surface area contributed by atoms with Gasteiger partial charge in [-0.15, -0.1) is 0 Å². The average molecular weight is 364 g/mol. The molecule has 2 amide bonds. The van der Waals surface area contributed by atoms with E-state index in [1.165, 1.54) is 4.90 Å². The number of carbonyl (C=O) groups is 2. The lowest BCUT2D eigenvalue weighted by Crippen LogP contribution is -2.46. The second-order valence-electron chi connectivity index (χ2n) is 7.82. The largest absolute Gasteiger partial charge is 0.354 e. The monoisotopic (exact) mass is 364 g/mol. The molecule has 4 aliphatic heterocycles. The fraction of sp³-hybridized carbons (Fsp3) is 0.875. The van der Waals surface area contributed by atoms with Crippen LogP contribution in [0.25, 0.3) is 0 Å². The predicted octanol–water partition coefficient (Wildman–Crippen LogP) is 1.68. The molecule has 0 aromatic heterocycles. The molecule has 0 N–H and O–H groups in total. The highest BCUT2D eigenvalue weighted by Crippen LogP contribution is 2.42. The van der Waals surface area contributed by atoms with E-state index in [-0.39, 0.29) is 12.6 Å². The summed E-state index contributed by atoms with van der Waals surface area (Å²) in [6, 6.07) is -0.486. The van der Waals surface area contributed by atoms with Gasteiger partial charge in [-0.25, -0.2) is 4.39 Å². The molecule has 4 aliphatic rings. The number of halogens is 3. The Hall–Kier alpha value is -1.35. The summed E-state index contributed by atoms with van der Waals surface area (Å²) in [7, 11) is 0. The van der Waals surface area contributed by atoms with E-state index < -0.39 is 47.8 Å². The van der Waals surface area contributed by atoms with Gasteiger partial charge in [0, 0.05) is 12.8 Å². The number of nitrogens with zero attached hydrogens (tertiary/aromatic N) is 2. The standard InChI is InChI=1S/C8H11F2NO2.C8H12FNO2/c1-7(2)11-5(4-13-7)3-8(9,10)6(11)12;1-8(2)10-5(4-12-8)3-6(9)7(10)11/h5H,3-4H2,1-2H3;5-6H,3-4H2,1-2H3/t5-;5-,6?/m11/s1. The Morgan fingerprint density at radius 1 is 0.960 bits per heavy atom. The summed E-state index contributed by atoms with van der Waals surface area (Å²) in [6.45, 7) is 7.54. The molecule has 4 heterocycles. The third-order valence-electron chi connectivity index (χ3n) is 5.16. The van der Waals surface area contributed by atoms with Crippen LogP contribution in [0.5, 0.6) is 0 Å². The van der Waals surface area contributed by atoms with Gasteiger partial charge in [0.2, 0.25) is 0 Å². The molecule has 9 heteroatoms. The van der Waals surface area contributed by atoms with Crippen LogP contribution in [0.2, 0.25) is 0 Å². The highest BCUT2D eigenvalue weighted by Gasteiger charge is 2.60. The lowest BCUT2D eigenvalue weighted by Gasteiger charge is -2.29. The van der Waals surface area contributed by atoms with Gasteiger partial charge in [0.05, 0.1) is 25.3 Å². The number of ether oxygens (including phenoxy) is 2. The minimum absolute atomic E-state index is 0.0394. The fourth-order valence-corrected chi connectivity index (χ4v) is 4.00. The Morgan fingerprint density at radius 2 is 1.48 bits per heavy atom. The van der Waals surface area contributed by atoms with Crippen LogP contribution in [-0.2, 0) is 19.1 Å². The van der Waals surface area contributed by atoms with Crippen LogP contribution in [0, 0.1) is 0 Å². The molecule has 4 saturated heterocycles. The van der Waals surface area contributed by atoms with E-state index in [2.05, 4.69) is 0 Å². The summed E-state index contributed by atoms with van der Waals surface area (Å²) in [5, 5.41) is 0. The first-order valence-electron chi connectivity index (χ1n) is 8.33. The maximum atomic E-state index is 13.0. The minimum Gasteiger partial charge on any atom is -0.354 e. The lowest BCUT2D eigenvalue weighted by atomic mass is 10.2. The highest BCUT2D eigenvalue weighted by atomic mass is 19.3. The van der Waals surface area contributed by atoms with Crippen molar-refractivity contribution >= 4 is 11.8 Å². The number of hydrogen-bond acceptors (Lipinski definition) is 4. The molecule has 0 saturated carbocycles. The van der Waals surface area contributed by atoms with E-state index in [9.17, 15) is 22.8 Å². The van der Waals surface area contributed by atoms with Crippen molar-refractivity contribution in [1.82, 2.24) is 9.80 Å². The maximum Gasteiger partial charge on any atom is 0.326 e. The summed E-state index contributed by atoms with van der Waals surface area (Å²) in [5.74, 6) is -4.70. The number of alkyl halides is 3. The van der Waals surface area contributed by atoms with E-state index in [1.54, 1.807) is 27.7 Å². The molecular formula is C16H23F3N2O4. The Kier molecular flexibility index (Phi) is 4.11. The van der Waals surface area contributed by atoms with Crippen molar-refractivity contribution in [3.63, 3.8) is 0 Å². The molecule has 25 heavy (non-hydrogen) atoms. The van der Waals surface area contributed by atoms with Gasteiger partial charge in [0.1, 0.15) is 11.4 Å². The Labute approximate surface area is 144 Å². The van der Waals surface area contributed by atoms with Crippen molar-refractivity contribution in [3.05, 3.63) is 0 Å². The first kappa shape index (κ1) is 18.4. The van der Waals surface area contributed by atoms with E-state index in [0.29, 0.717) is 13.0 Å². The fourth-order valence-electron chi connectivity index (χ4n) is 4.00. The smallest absolute Gasteiger partial charge is 0.326 e. The van der Waals surface area contributed by atoms with Gasteiger partial charge in [-0.05, 0) is 27.7 Å². The van der Waals surface area contributed by atoms with Crippen molar-refractivity contribution in [2.24, 2.45) is 0 Å². The summed E-state index contributed by atoms with van der Waals surface area (Å²) < 4.78 is 49.5. The number of fused-ring (bicyclic) bond motifs is 2. The van der Waals surface area contributed by atoms with Crippen LogP contribution in [-0.4, -0.2) is 70.5 Å². The second-order valence-corrected chi connectivity index (χ2v) is 7.82. The molecule has 0 aromatic rings. The number of hydrogen-bond donors (Lipinski definition) is 0.